The second-order valence-corrected chi connectivity index (χ2v) is 19.0. The van der Waals surface area contributed by atoms with E-state index in [9.17, 15) is 29.5 Å². The van der Waals surface area contributed by atoms with Gasteiger partial charge in [-0.15, -0.1) is 0 Å². The lowest BCUT2D eigenvalue weighted by molar-refractivity contribution is -0.164. The van der Waals surface area contributed by atoms with Crippen LogP contribution in [0.3, 0.4) is 0 Å². The Labute approximate surface area is 379 Å². The van der Waals surface area contributed by atoms with Gasteiger partial charge in [-0.05, 0) is 71.6 Å². The molecular formula is C50H52ClN7O6. The fraction of sp³-hybridized carbons (Fsp3) is 0.380. The molecule has 6 rings (SSSR count). The number of aromatic nitrogens is 1. The van der Waals surface area contributed by atoms with E-state index in [-0.39, 0.29) is 44.0 Å². The first-order chi connectivity index (χ1) is 30.2. The molecule has 1 aliphatic carbocycles. The summed E-state index contributed by atoms with van der Waals surface area (Å²) < 4.78 is 6.34. The summed E-state index contributed by atoms with van der Waals surface area (Å²) in [6.45, 7) is 13.8. The van der Waals surface area contributed by atoms with Crippen LogP contribution < -0.4 is 20.7 Å². The Morgan fingerprint density at radius 3 is 2.14 bits per heavy atom. The summed E-state index contributed by atoms with van der Waals surface area (Å²) in [5.74, 6) is 5.17. The number of benzene rings is 3. The number of hydrogen-bond acceptors (Lipinski definition) is 9. The van der Waals surface area contributed by atoms with Gasteiger partial charge in [-0.1, -0.05) is 84.0 Å². The van der Waals surface area contributed by atoms with Crippen LogP contribution in [-0.2, 0) is 27.3 Å². The van der Waals surface area contributed by atoms with Gasteiger partial charge in [0.15, 0.2) is 0 Å². The number of ether oxygens (including phenoxy) is 1. The molecule has 0 spiro atoms. The summed E-state index contributed by atoms with van der Waals surface area (Å²) in [5.41, 5.74) is 2.35. The lowest BCUT2D eigenvalue weighted by Gasteiger charge is -2.63. The molecule has 1 aliphatic heterocycles. The van der Waals surface area contributed by atoms with Crippen molar-refractivity contribution in [3.05, 3.63) is 129 Å². The third-order valence-corrected chi connectivity index (χ3v) is 12.2. The van der Waals surface area contributed by atoms with Crippen molar-refractivity contribution in [2.75, 3.05) is 6.54 Å². The van der Waals surface area contributed by atoms with E-state index in [1.165, 1.54) is 4.90 Å². The molecule has 330 valence electrons. The van der Waals surface area contributed by atoms with E-state index in [0.29, 0.717) is 44.3 Å². The second-order valence-electron chi connectivity index (χ2n) is 18.6. The lowest BCUT2D eigenvalue weighted by Crippen LogP contribution is -2.74. The molecule has 4 aromatic rings. The Balaban J connectivity index is 1.01. The number of aliphatic hydroxyl groups is 1. The third kappa shape index (κ3) is 10.5. The number of hydrogen-bond donors (Lipinski definition) is 4. The maximum atomic E-state index is 14.0. The SMILES string of the molecule is CC(C)(C)C(NC(=O)Cc1ccc(C#Cc2ccc(C(=O)N[C@H]3C(C)(C)[C@H](Oc4ccc(C#N)c(Cl)c4)C3(C)C)cc2)cn1)C(=O)N1C[C@H](O)C[C@H]1C(=O)NCc1ccc(C#N)cc1. The predicted octanol–water partition coefficient (Wildman–Crippen LogP) is 5.84. The molecule has 3 atom stereocenters. The molecule has 14 heteroatoms. The zero-order valence-electron chi connectivity index (χ0n) is 37.0. The van der Waals surface area contributed by atoms with E-state index >= 15 is 0 Å². The van der Waals surface area contributed by atoms with E-state index in [2.05, 4.69) is 44.9 Å². The van der Waals surface area contributed by atoms with Crippen molar-refractivity contribution < 1.29 is 29.0 Å². The van der Waals surface area contributed by atoms with E-state index in [1.54, 1.807) is 85.1 Å². The molecule has 1 saturated heterocycles. The van der Waals surface area contributed by atoms with Gasteiger partial charge in [0.2, 0.25) is 17.7 Å². The Morgan fingerprint density at radius 2 is 1.55 bits per heavy atom. The van der Waals surface area contributed by atoms with Crippen molar-refractivity contribution in [3.8, 4) is 29.7 Å². The smallest absolute Gasteiger partial charge is 0.251 e. The summed E-state index contributed by atoms with van der Waals surface area (Å²) >= 11 is 6.23. The van der Waals surface area contributed by atoms with Crippen molar-refractivity contribution in [2.24, 2.45) is 16.2 Å². The van der Waals surface area contributed by atoms with Gasteiger partial charge in [0.25, 0.3) is 5.91 Å². The maximum Gasteiger partial charge on any atom is 0.251 e. The minimum absolute atomic E-state index is 0.0473. The van der Waals surface area contributed by atoms with E-state index in [1.807, 2.05) is 48.5 Å². The second kappa shape index (κ2) is 18.9. The topological polar surface area (TPSA) is 198 Å². The minimum atomic E-state index is -0.993. The molecule has 2 heterocycles. The summed E-state index contributed by atoms with van der Waals surface area (Å²) in [6, 6.07) is 24.2. The quantitative estimate of drug-likeness (QED) is 0.134. The molecular weight excluding hydrogens is 830 g/mol. The van der Waals surface area contributed by atoms with Crippen LogP contribution in [0.2, 0.25) is 5.02 Å². The van der Waals surface area contributed by atoms with Crippen molar-refractivity contribution in [2.45, 2.75) is 98.2 Å². The molecule has 0 bridgehead atoms. The number of amides is 4. The summed E-state index contributed by atoms with van der Waals surface area (Å²) in [7, 11) is 0. The highest BCUT2D eigenvalue weighted by atomic mass is 35.5. The lowest BCUT2D eigenvalue weighted by atomic mass is 9.49. The van der Waals surface area contributed by atoms with Gasteiger partial charge in [0.05, 0.1) is 34.7 Å². The fourth-order valence-corrected chi connectivity index (χ4v) is 8.98. The highest BCUT2D eigenvalue weighted by Crippen LogP contribution is 2.55. The van der Waals surface area contributed by atoms with Gasteiger partial charge >= 0.3 is 0 Å². The largest absolute Gasteiger partial charge is 0.489 e. The Bertz CT molecular complexity index is 2550. The normalized spacial score (nSPS) is 19.9. The van der Waals surface area contributed by atoms with Crippen LogP contribution >= 0.6 is 11.6 Å². The first-order valence-corrected chi connectivity index (χ1v) is 21.4. The van der Waals surface area contributed by atoms with Crippen LogP contribution in [0.4, 0.5) is 0 Å². The zero-order chi connectivity index (χ0) is 46.6. The molecule has 2 aliphatic rings. The van der Waals surface area contributed by atoms with Crippen LogP contribution in [0.1, 0.15) is 98.8 Å². The van der Waals surface area contributed by atoms with Gasteiger partial charge in [-0.25, -0.2) is 0 Å². The highest BCUT2D eigenvalue weighted by molar-refractivity contribution is 6.31. The van der Waals surface area contributed by atoms with Gasteiger partial charge in [-0.3, -0.25) is 24.2 Å². The number of nitrogens with one attached hydrogen (secondary N) is 3. The van der Waals surface area contributed by atoms with E-state index < -0.39 is 52.2 Å². The first-order valence-electron chi connectivity index (χ1n) is 21.0. The number of nitriles is 2. The number of β-amino-alcohol motifs (C(OH)–C–C–N with tert-alkyl or cyclic N) is 1. The average Bonchev–Trinajstić information content (AvgIpc) is 3.66. The third-order valence-electron chi connectivity index (χ3n) is 11.9. The predicted molar refractivity (Wildman–Crippen MR) is 240 cm³/mol. The summed E-state index contributed by atoms with van der Waals surface area (Å²) in [5, 5.41) is 38.0. The summed E-state index contributed by atoms with van der Waals surface area (Å²) in [6.07, 6.45) is 0.383. The molecule has 4 N–H and O–H groups in total. The number of halogens is 1. The monoisotopic (exact) mass is 881 g/mol. The molecule has 1 saturated carbocycles. The number of carbonyl (C=O) groups excluding carboxylic acids is 4. The zero-order valence-corrected chi connectivity index (χ0v) is 37.7. The summed E-state index contributed by atoms with van der Waals surface area (Å²) in [4.78, 5) is 59.8. The van der Waals surface area contributed by atoms with E-state index in [0.717, 1.165) is 5.56 Å². The van der Waals surface area contributed by atoms with Crippen molar-refractivity contribution in [1.29, 1.82) is 10.5 Å². The highest BCUT2D eigenvalue weighted by Gasteiger charge is 2.64. The number of carbonyl (C=O) groups is 4. The molecule has 1 aromatic heterocycles. The van der Waals surface area contributed by atoms with Gasteiger partial charge in [0, 0.05) is 71.0 Å². The van der Waals surface area contributed by atoms with Gasteiger partial charge in [-0.2, -0.15) is 10.5 Å². The number of nitrogens with zero attached hydrogens (tertiary/aromatic N) is 4. The Morgan fingerprint density at radius 1 is 0.906 bits per heavy atom. The van der Waals surface area contributed by atoms with E-state index in [4.69, 9.17) is 21.6 Å². The standard InChI is InChI=1S/C50H52ClN7O6/c1-48(2,3)42(45(63)58-29-37(59)23-40(58)44(62)55-28-32-12-9-31(25-52)10-13-32)56-41(60)22-36-20-16-33(27-54-36)11-8-30-14-17-34(18-15-30)43(61)57-46-49(4,5)47(50(46,6)7)64-38-21-19-35(26-53)39(51)24-38/h9-10,12-21,24,27,37,40,42,46-47,59H,22-23,28-29H2,1-7H3,(H,55,62)(H,56,60)(H,57,61)/t37-,40+,42?,46-,47-/m1/s1. The fourth-order valence-electron chi connectivity index (χ4n) is 8.76. The number of likely N-dealkylation sites (tertiary alicyclic amines) is 1. The van der Waals surface area contributed by atoms with Crippen LogP contribution in [0.5, 0.6) is 5.75 Å². The molecule has 64 heavy (non-hydrogen) atoms. The van der Waals surface area contributed by atoms with Crippen LogP contribution in [-0.4, -0.2) is 75.5 Å². The molecule has 0 radical (unpaired) electrons. The molecule has 1 unspecified atom stereocenters. The van der Waals surface area contributed by atoms with Crippen LogP contribution in [0, 0.1) is 50.7 Å². The number of rotatable bonds is 11. The molecule has 4 amide bonds. The Kier molecular flexibility index (Phi) is 13.8. The van der Waals surface area contributed by atoms with Gasteiger partial charge < -0.3 is 30.7 Å². The van der Waals surface area contributed by atoms with Crippen molar-refractivity contribution in [3.63, 3.8) is 0 Å². The van der Waals surface area contributed by atoms with Crippen LogP contribution in [0.25, 0.3) is 0 Å². The maximum absolute atomic E-state index is 14.0. The number of pyridine rings is 1. The van der Waals surface area contributed by atoms with Crippen LogP contribution in [0.15, 0.2) is 85.1 Å². The number of aliphatic hydroxyl groups excluding tert-OH is 1. The molecule has 3 aromatic carbocycles. The van der Waals surface area contributed by atoms with Crippen molar-refractivity contribution in [1.82, 2.24) is 25.8 Å². The van der Waals surface area contributed by atoms with Crippen molar-refractivity contribution >= 4 is 35.2 Å². The minimum Gasteiger partial charge on any atom is -0.489 e. The molecule has 13 nitrogen and oxygen atoms in total. The molecule has 2 fully saturated rings. The average molecular weight is 882 g/mol. The Hall–Kier alpha value is -6.72. The van der Waals surface area contributed by atoms with Gasteiger partial charge in [0.1, 0.15) is 30.0 Å². The first kappa shape index (κ1) is 46.8.